The van der Waals surface area contributed by atoms with Crippen molar-refractivity contribution >= 4 is 0 Å². The summed E-state index contributed by atoms with van der Waals surface area (Å²) >= 11 is 0. The van der Waals surface area contributed by atoms with Crippen LogP contribution in [0.3, 0.4) is 0 Å². The van der Waals surface area contributed by atoms with Crippen LogP contribution < -0.4 is 0 Å². The van der Waals surface area contributed by atoms with Crippen molar-refractivity contribution in [2.45, 2.75) is 37.2 Å². The van der Waals surface area contributed by atoms with E-state index in [0.717, 1.165) is 0 Å². The zero-order valence-corrected chi connectivity index (χ0v) is 5.66. The molecule has 0 radical (unpaired) electrons. The second-order valence-corrected chi connectivity index (χ2v) is 2.78. The number of aliphatic hydroxyl groups excluding tert-OH is 1. The van der Waals surface area contributed by atoms with Crippen LogP contribution in [-0.4, -0.2) is 23.1 Å². The lowest BCUT2D eigenvalue weighted by Gasteiger charge is -2.33. The quantitative estimate of drug-likeness (QED) is 0.552. The molecule has 1 N–H and O–H groups in total. The normalized spacial score (nSPS) is 30.3. The largest absolute Gasteiger partial charge is 0.381 e. The van der Waals surface area contributed by atoms with E-state index in [4.69, 9.17) is 5.11 Å². The van der Waals surface area contributed by atoms with E-state index in [9.17, 15) is 17.6 Å². The molecule has 0 aromatic carbocycles. The highest BCUT2D eigenvalue weighted by atomic mass is 19.3. The fraction of sp³-hybridized carbons (Fsp3) is 1.00. The van der Waals surface area contributed by atoms with Crippen LogP contribution in [0.1, 0.15) is 19.3 Å². The molecular weight excluding hydrogens is 164 g/mol. The van der Waals surface area contributed by atoms with E-state index in [2.05, 4.69) is 0 Å². The minimum absolute atomic E-state index is 0.239. The summed E-state index contributed by atoms with van der Waals surface area (Å²) in [6, 6.07) is 0. The zero-order valence-electron chi connectivity index (χ0n) is 5.66. The van der Waals surface area contributed by atoms with Crippen LogP contribution >= 0.6 is 0 Å². The van der Waals surface area contributed by atoms with Gasteiger partial charge in [0.1, 0.15) is 0 Å². The van der Waals surface area contributed by atoms with Gasteiger partial charge in [-0.1, -0.05) is 0 Å². The Morgan fingerprint density at radius 3 is 1.64 bits per heavy atom. The van der Waals surface area contributed by atoms with E-state index in [1.165, 1.54) is 0 Å². The van der Waals surface area contributed by atoms with Crippen molar-refractivity contribution in [1.29, 1.82) is 0 Å². The standard InChI is InChI=1S/C6H8F4O/c7-5(8)2-1-3-6(9,10)4(5)11/h4,11H,1-3H2. The molecular formula is C6H8F4O. The second-order valence-electron chi connectivity index (χ2n) is 2.78. The van der Waals surface area contributed by atoms with Crippen LogP contribution in [0.5, 0.6) is 0 Å². The summed E-state index contributed by atoms with van der Waals surface area (Å²) < 4.78 is 49.5. The predicted octanol–water partition coefficient (Wildman–Crippen LogP) is 1.80. The molecule has 0 saturated heterocycles. The lowest BCUT2D eigenvalue weighted by atomic mass is 9.90. The molecule has 1 aliphatic rings. The van der Waals surface area contributed by atoms with E-state index in [1.807, 2.05) is 0 Å². The van der Waals surface area contributed by atoms with E-state index >= 15 is 0 Å². The third-order valence-corrected chi connectivity index (χ3v) is 1.82. The molecule has 66 valence electrons. The van der Waals surface area contributed by atoms with Crippen LogP contribution in [-0.2, 0) is 0 Å². The average Bonchev–Trinajstić information content (AvgIpc) is 1.82. The Kier molecular flexibility index (Phi) is 1.86. The molecule has 0 aliphatic heterocycles. The van der Waals surface area contributed by atoms with Crippen molar-refractivity contribution in [3.8, 4) is 0 Å². The van der Waals surface area contributed by atoms with Crippen LogP contribution in [0.15, 0.2) is 0 Å². The Balaban J connectivity index is 2.76. The van der Waals surface area contributed by atoms with E-state index in [0.29, 0.717) is 0 Å². The first-order valence-electron chi connectivity index (χ1n) is 3.30. The van der Waals surface area contributed by atoms with E-state index in [1.54, 1.807) is 0 Å². The topological polar surface area (TPSA) is 20.2 Å². The van der Waals surface area contributed by atoms with Crippen LogP contribution in [0, 0.1) is 0 Å². The van der Waals surface area contributed by atoms with Gasteiger partial charge in [0.25, 0.3) is 11.8 Å². The van der Waals surface area contributed by atoms with Gasteiger partial charge in [0.15, 0.2) is 6.10 Å². The van der Waals surface area contributed by atoms with E-state index < -0.39 is 30.8 Å². The number of alkyl halides is 4. The Bertz CT molecular complexity index is 141. The van der Waals surface area contributed by atoms with Gasteiger partial charge in [-0.05, 0) is 6.42 Å². The highest BCUT2D eigenvalue weighted by Gasteiger charge is 2.56. The van der Waals surface area contributed by atoms with Crippen molar-refractivity contribution < 1.29 is 22.7 Å². The molecule has 1 saturated carbocycles. The van der Waals surface area contributed by atoms with Gasteiger partial charge in [0.2, 0.25) is 0 Å². The monoisotopic (exact) mass is 172 g/mol. The van der Waals surface area contributed by atoms with Gasteiger partial charge in [-0.3, -0.25) is 0 Å². The van der Waals surface area contributed by atoms with Crippen molar-refractivity contribution in [2.75, 3.05) is 0 Å². The van der Waals surface area contributed by atoms with Gasteiger partial charge in [-0.2, -0.15) is 0 Å². The van der Waals surface area contributed by atoms with Gasteiger partial charge >= 0.3 is 0 Å². The maximum Gasteiger partial charge on any atom is 0.279 e. The van der Waals surface area contributed by atoms with Crippen molar-refractivity contribution in [2.24, 2.45) is 0 Å². The summed E-state index contributed by atoms with van der Waals surface area (Å²) in [4.78, 5) is 0. The molecule has 0 aromatic heterocycles. The molecule has 0 heterocycles. The number of rotatable bonds is 0. The summed E-state index contributed by atoms with van der Waals surface area (Å²) in [7, 11) is 0. The number of hydrogen-bond donors (Lipinski definition) is 1. The van der Waals surface area contributed by atoms with Gasteiger partial charge in [0, 0.05) is 12.8 Å². The van der Waals surface area contributed by atoms with Crippen molar-refractivity contribution in [1.82, 2.24) is 0 Å². The first-order valence-corrected chi connectivity index (χ1v) is 3.30. The Hall–Kier alpha value is -0.320. The molecule has 0 aromatic rings. The number of hydrogen-bond acceptors (Lipinski definition) is 1. The molecule has 0 spiro atoms. The average molecular weight is 172 g/mol. The van der Waals surface area contributed by atoms with Crippen molar-refractivity contribution in [3.63, 3.8) is 0 Å². The highest BCUT2D eigenvalue weighted by molar-refractivity contribution is 4.92. The van der Waals surface area contributed by atoms with Crippen LogP contribution in [0.4, 0.5) is 17.6 Å². The minimum atomic E-state index is -3.62. The first kappa shape index (κ1) is 8.77. The molecule has 1 fully saturated rings. The van der Waals surface area contributed by atoms with Gasteiger partial charge in [0.05, 0.1) is 0 Å². The van der Waals surface area contributed by atoms with Crippen LogP contribution in [0.25, 0.3) is 0 Å². The Morgan fingerprint density at radius 1 is 1.00 bits per heavy atom. The van der Waals surface area contributed by atoms with Gasteiger partial charge < -0.3 is 5.11 Å². The van der Waals surface area contributed by atoms with Gasteiger partial charge in [-0.25, -0.2) is 17.6 Å². The van der Waals surface area contributed by atoms with E-state index in [-0.39, 0.29) is 6.42 Å². The summed E-state index contributed by atoms with van der Waals surface area (Å²) in [5.74, 6) is -7.25. The molecule has 1 aliphatic carbocycles. The SMILES string of the molecule is OC1C(F)(F)CCCC1(F)F. The zero-order chi connectivity index (χ0) is 8.70. The molecule has 0 atom stereocenters. The molecule has 0 bridgehead atoms. The minimum Gasteiger partial charge on any atom is -0.381 e. The fourth-order valence-corrected chi connectivity index (χ4v) is 1.14. The predicted molar refractivity (Wildman–Crippen MR) is 29.8 cm³/mol. The molecule has 5 heteroatoms. The molecule has 0 amide bonds. The molecule has 1 rings (SSSR count). The second kappa shape index (κ2) is 2.33. The fourth-order valence-electron chi connectivity index (χ4n) is 1.14. The van der Waals surface area contributed by atoms with Crippen LogP contribution in [0.2, 0.25) is 0 Å². The number of aliphatic hydroxyl groups is 1. The molecule has 1 nitrogen and oxygen atoms in total. The van der Waals surface area contributed by atoms with Crippen molar-refractivity contribution in [3.05, 3.63) is 0 Å². The molecule has 0 unspecified atom stereocenters. The highest BCUT2D eigenvalue weighted by Crippen LogP contribution is 2.42. The maximum atomic E-state index is 12.4. The third-order valence-electron chi connectivity index (χ3n) is 1.82. The summed E-state index contributed by atoms with van der Waals surface area (Å²) in [6.45, 7) is 0. The number of halogens is 4. The lowest BCUT2D eigenvalue weighted by Crippen LogP contribution is -2.50. The lowest BCUT2D eigenvalue weighted by molar-refractivity contribution is -0.237. The Morgan fingerprint density at radius 2 is 1.36 bits per heavy atom. The summed E-state index contributed by atoms with van der Waals surface area (Å²) in [5, 5.41) is 8.46. The third kappa shape index (κ3) is 1.47. The maximum absolute atomic E-state index is 12.4. The van der Waals surface area contributed by atoms with Gasteiger partial charge in [-0.15, -0.1) is 0 Å². The molecule has 11 heavy (non-hydrogen) atoms. The smallest absolute Gasteiger partial charge is 0.279 e. The summed E-state index contributed by atoms with van der Waals surface area (Å²) in [6.07, 6.45) is -4.34. The first-order chi connectivity index (χ1) is 4.86. The Labute approximate surface area is 61.0 Å². The summed E-state index contributed by atoms with van der Waals surface area (Å²) in [5.41, 5.74) is 0.